The van der Waals surface area contributed by atoms with Gasteiger partial charge in [-0.2, -0.15) is 11.8 Å². The second kappa shape index (κ2) is 19.6. The topological polar surface area (TPSA) is 55.8 Å². The smallest absolute Gasteiger partial charge is 0.329 e. The number of quaternary nitrogens is 1. The van der Waals surface area contributed by atoms with Gasteiger partial charge in [-0.3, -0.25) is 9.05 Å². The zero-order chi connectivity index (χ0) is 23.1. The van der Waals surface area contributed by atoms with E-state index < -0.39 is 7.82 Å². The van der Waals surface area contributed by atoms with Gasteiger partial charge in [0.15, 0.2) is 0 Å². The minimum absolute atomic E-state index is 0.222. The van der Waals surface area contributed by atoms with Crippen LogP contribution in [-0.4, -0.2) is 62.3 Å². The molecule has 0 aromatic rings. The molecule has 0 heterocycles. The molecule has 0 fully saturated rings. The third-order valence-corrected chi connectivity index (χ3v) is 4.19. The van der Waals surface area contributed by atoms with Gasteiger partial charge in [0.25, 0.3) is 0 Å². The summed E-state index contributed by atoms with van der Waals surface area (Å²) in [6.07, 6.45) is 12.4. The van der Waals surface area contributed by atoms with Crippen LogP contribution in [0.4, 0.5) is 0 Å². The number of terminal acetylenes is 2. The molecule has 7 heteroatoms. The maximum Gasteiger partial charge on any atom is 0.472 e. The van der Waals surface area contributed by atoms with Crippen LogP contribution < -0.4 is 0 Å². The molecule has 156 valence electrons. The van der Waals surface area contributed by atoms with Gasteiger partial charge in [0.2, 0.25) is 0 Å². The summed E-state index contributed by atoms with van der Waals surface area (Å²) in [4.78, 5) is 9.31. The Morgan fingerprint density at radius 1 is 0.833 bits per heavy atom. The fourth-order valence-electron chi connectivity index (χ4n) is 1.17. The molecule has 5 nitrogen and oxygen atoms in total. The van der Waals surface area contributed by atoms with E-state index in [0.717, 1.165) is 12.2 Å². The van der Waals surface area contributed by atoms with Gasteiger partial charge in [0, 0.05) is 0 Å². The SMILES string of the molecule is C#CC#CC#CC#CC#CC#CC#C.CSCCCOP(=O)(O)OCC[N+](C)(C)C. The first kappa shape index (κ1) is 29.5. The van der Waals surface area contributed by atoms with E-state index in [4.69, 9.17) is 21.9 Å². The first-order valence-corrected chi connectivity index (χ1v) is 11.4. The average molecular weight is 442 g/mol. The Morgan fingerprint density at radius 3 is 1.60 bits per heavy atom. The molecule has 0 aromatic heterocycles. The first-order chi connectivity index (χ1) is 14.2. The summed E-state index contributed by atoms with van der Waals surface area (Å²) in [5.74, 6) is 29.2. The Morgan fingerprint density at radius 2 is 1.23 bits per heavy atom. The van der Waals surface area contributed by atoms with E-state index >= 15 is 0 Å². The molecular weight excluding hydrogens is 417 g/mol. The van der Waals surface area contributed by atoms with Crippen LogP contribution in [0.1, 0.15) is 6.42 Å². The number of hydrogen-bond acceptors (Lipinski definition) is 4. The van der Waals surface area contributed by atoms with Crippen LogP contribution in [0.15, 0.2) is 0 Å². The summed E-state index contributed by atoms with van der Waals surface area (Å²) >= 11 is 1.68. The minimum atomic E-state index is -3.84. The number of phosphoric acid groups is 1. The highest BCUT2D eigenvalue weighted by atomic mass is 32.2. The van der Waals surface area contributed by atoms with Gasteiger partial charge >= 0.3 is 7.82 Å². The Labute approximate surface area is 185 Å². The zero-order valence-electron chi connectivity index (χ0n) is 17.7. The maximum absolute atomic E-state index is 11.4. The monoisotopic (exact) mass is 442 g/mol. The summed E-state index contributed by atoms with van der Waals surface area (Å²) in [5.41, 5.74) is 0. The van der Waals surface area contributed by atoms with E-state index in [0.29, 0.717) is 11.0 Å². The van der Waals surface area contributed by atoms with Gasteiger partial charge in [0.1, 0.15) is 13.2 Å². The van der Waals surface area contributed by atoms with Crippen molar-refractivity contribution in [3.05, 3.63) is 0 Å². The van der Waals surface area contributed by atoms with Gasteiger partial charge in [-0.15, -0.1) is 12.8 Å². The van der Waals surface area contributed by atoms with Crippen LogP contribution >= 0.6 is 19.6 Å². The van der Waals surface area contributed by atoms with E-state index in [1.165, 1.54) is 0 Å². The molecule has 0 spiro atoms. The maximum atomic E-state index is 11.4. The molecule has 0 rings (SSSR count). The van der Waals surface area contributed by atoms with Crippen molar-refractivity contribution >= 4 is 19.6 Å². The van der Waals surface area contributed by atoms with Crippen LogP contribution in [-0.2, 0) is 13.6 Å². The molecule has 0 saturated heterocycles. The highest BCUT2D eigenvalue weighted by Gasteiger charge is 2.21. The van der Waals surface area contributed by atoms with Crippen LogP contribution in [0.2, 0.25) is 0 Å². The molecule has 0 aliphatic heterocycles. The van der Waals surface area contributed by atoms with Gasteiger partial charge in [-0.05, 0) is 89.5 Å². The molecule has 0 amide bonds. The fourth-order valence-corrected chi connectivity index (χ4v) is 2.33. The lowest BCUT2D eigenvalue weighted by atomic mass is 10.5. The molecular formula is C23H25NO4PS+. The third-order valence-electron chi connectivity index (χ3n) is 2.47. The molecule has 30 heavy (non-hydrogen) atoms. The standard InChI is InChI=1S/C14H2.C9H22NO4PS/c1-3-5-7-9-11-13-14-12-10-8-6-4-2;1-10(2,3)6-8-14-15(11,12)13-7-5-9-16-4/h1-2H;5-9H2,1-4H3/p+1. The van der Waals surface area contributed by atoms with Crippen molar-refractivity contribution < 1.29 is 23.0 Å². The van der Waals surface area contributed by atoms with Crippen LogP contribution in [0.5, 0.6) is 0 Å². The normalized spacial score (nSPS) is 10.2. The number of likely N-dealkylation sites (N-methyl/N-ethyl adjacent to an activating group) is 1. The van der Waals surface area contributed by atoms with E-state index in [1.54, 1.807) is 11.8 Å². The zero-order valence-corrected chi connectivity index (χ0v) is 19.4. The van der Waals surface area contributed by atoms with Crippen molar-refractivity contribution in [1.82, 2.24) is 0 Å². The highest BCUT2D eigenvalue weighted by Crippen LogP contribution is 2.43. The van der Waals surface area contributed by atoms with Gasteiger partial charge in [0.05, 0.1) is 27.7 Å². The second-order valence-corrected chi connectivity index (χ2v) is 8.47. The lowest BCUT2D eigenvalue weighted by Gasteiger charge is -2.24. The summed E-state index contributed by atoms with van der Waals surface area (Å²) < 4.78 is 21.7. The Kier molecular flexibility index (Phi) is 19.3. The van der Waals surface area contributed by atoms with Gasteiger partial charge < -0.3 is 9.38 Å². The molecule has 1 atom stereocenters. The number of thioether (sulfide) groups is 1. The van der Waals surface area contributed by atoms with Crippen molar-refractivity contribution in [3.8, 4) is 83.9 Å². The molecule has 0 aliphatic rings. The minimum Gasteiger partial charge on any atom is -0.329 e. The van der Waals surface area contributed by atoms with Crippen molar-refractivity contribution in [1.29, 1.82) is 0 Å². The Bertz CT molecular complexity index is 902. The van der Waals surface area contributed by atoms with Crippen LogP contribution in [0.25, 0.3) is 0 Å². The number of phosphoric ester groups is 1. The lowest BCUT2D eigenvalue weighted by molar-refractivity contribution is -0.870. The number of nitrogens with zero attached hydrogens (tertiary/aromatic N) is 1. The summed E-state index contributed by atoms with van der Waals surface area (Å²) in [6.45, 7) is 1.15. The molecule has 0 bridgehead atoms. The molecule has 0 aromatic carbocycles. The molecule has 0 radical (unpaired) electrons. The first-order valence-electron chi connectivity index (χ1n) is 8.51. The second-order valence-electron chi connectivity index (χ2n) is 6.03. The van der Waals surface area contributed by atoms with Crippen molar-refractivity contribution in [2.24, 2.45) is 0 Å². The fraction of sp³-hybridized carbons (Fsp3) is 0.391. The average Bonchev–Trinajstić information content (AvgIpc) is 2.66. The lowest BCUT2D eigenvalue weighted by Crippen LogP contribution is -2.37. The Balaban J connectivity index is 0. The van der Waals surface area contributed by atoms with E-state index in [9.17, 15) is 9.46 Å². The molecule has 0 saturated carbocycles. The molecule has 1 unspecified atom stereocenters. The van der Waals surface area contributed by atoms with Crippen molar-refractivity contribution in [2.45, 2.75) is 6.42 Å². The summed E-state index contributed by atoms with van der Waals surface area (Å²) in [6, 6.07) is 0. The number of hydrogen-bond donors (Lipinski definition) is 1. The van der Waals surface area contributed by atoms with E-state index in [1.807, 2.05) is 27.4 Å². The number of rotatable bonds is 9. The predicted octanol–water partition coefficient (Wildman–Crippen LogP) is 1.85. The van der Waals surface area contributed by atoms with Crippen molar-refractivity contribution in [2.75, 3.05) is 52.9 Å². The largest absolute Gasteiger partial charge is 0.472 e. The van der Waals surface area contributed by atoms with E-state index in [-0.39, 0.29) is 13.2 Å². The summed E-state index contributed by atoms with van der Waals surface area (Å²) in [5, 5.41) is 0. The molecule has 0 aliphatic carbocycles. The van der Waals surface area contributed by atoms with Gasteiger partial charge in [-0.25, -0.2) is 4.57 Å². The van der Waals surface area contributed by atoms with Crippen LogP contribution in [0.3, 0.4) is 0 Å². The van der Waals surface area contributed by atoms with Crippen molar-refractivity contribution in [3.63, 3.8) is 0 Å². The van der Waals surface area contributed by atoms with Gasteiger partial charge in [-0.1, -0.05) is 0 Å². The Hall–Kier alpha value is -2.66. The van der Waals surface area contributed by atoms with Crippen LogP contribution in [0, 0.1) is 83.9 Å². The quantitative estimate of drug-likeness (QED) is 0.256. The van der Waals surface area contributed by atoms with E-state index in [2.05, 4.69) is 71.0 Å². The predicted molar refractivity (Wildman–Crippen MR) is 124 cm³/mol. The summed E-state index contributed by atoms with van der Waals surface area (Å²) in [7, 11) is 2.14. The highest BCUT2D eigenvalue weighted by molar-refractivity contribution is 7.98. The molecule has 1 N–H and O–H groups in total. The third kappa shape index (κ3) is 27.6.